The molecular formula is C21H23FN2O3. The molecule has 0 radical (unpaired) electrons. The van der Waals surface area contributed by atoms with E-state index in [1.54, 1.807) is 21.9 Å². The van der Waals surface area contributed by atoms with Gasteiger partial charge in [-0.15, -0.1) is 0 Å². The minimum atomic E-state index is -0.312. The lowest BCUT2D eigenvalue weighted by molar-refractivity contribution is -0.134. The Hall–Kier alpha value is -2.89. The van der Waals surface area contributed by atoms with Crippen molar-refractivity contribution in [3.8, 4) is 5.75 Å². The third-order valence-electron chi connectivity index (χ3n) is 4.58. The van der Waals surface area contributed by atoms with Crippen molar-refractivity contribution in [2.75, 3.05) is 32.8 Å². The normalized spacial score (nSPS) is 14.6. The van der Waals surface area contributed by atoms with Crippen molar-refractivity contribution >= 4 is 11.8 Å². The quantitative estimate of drug-likeness (QED) is 0.813. The predicted molar refractivity (Wildman–Crippen MR) is 99.8 cm³/mol. The molecule has 142 valence electrons. The summed E-state index contributed by atoms with van der Waals surface area (Å²) in [5, 5.41) is 0. The topological polar surface area (TPSA) is 49.9 Å². The van der Waals surface area contributed by atoms with E-state index in [0.29, 0.717) is 31.9 Å². The Morgan fingerprint density at radius 1 is 0.852 bits per heavy atom. The Morgan fingerprint density at radius 3 is 2.15 bits per heavy atom. The summed E-state index contributed by atoms with van der Waals surface area (Å²) in [5.74, 6) is 0.271. The highest BCUT2D eigenvalue weighted by molar-refractivity contribution is 5.80. The van der Waals surface area contributed by atoms with Gasteiger partial charge in [0.2, 0.25) is 5.91 Å². The van der Waals surface area contributed by atoms with Crippen molar-refractivity contribution in [3.05, 3.63) is 66.0 Å². The van der Waals surface area contributed by atoms with E-state index in [0.717, 1.165) is 12.0 Å². The molecule has 1 heterocycles. The molecule has 27 heavy (non-hydrogen) atoms. The van der Waals surface area contributed by atoms with Crippen LogP contribution in [0.1, 0.15) is 12.0 Å². The number of rotatable bonds is 5. The van der Waals surface area contributed by atoms with Crippen LogP contribution in [0.5, 0.6) is 5.75 Å². The minimum Gasteiger partial charge on any atom is -0.484 e. The standard InChI is InChI=1S/C21H23FN2O3/c22-18-9-7-17(8-10-18)15-20(25)23-11-4-12-24(14-13-23)21(26)16-27-19-5-2-1-3-6-19/h1-3,5-10H,4,11-16H2. The van der Waals surface area contributed by atoms with Gasteiger partial charge in [0.25, 0.3) is 5.91 Å². The van der Waals surface area contributed by atoms with Gasteiger partial charge in [0.05, 0.1) is 6.42 Å². The third kappa shape index (κ3) is 5.54. The summed E-state index contributed by atoms with van der Waals surface area (Å²) in [7, 11) is 0. The Morgan fingerprint density at radius 2 is 1.48 bits per heavy atom. The number of amides is 2. The summed E-state index contributed by atoms with van der Waals surface area (Å²) in [6.07, 6.45) is 0.970. The maximum absolute atomic E-state index is 13.0. The molecule has 2 aromatic rings. The van der Waals surface area contributed by atoms with Gasteiger partial charge in [-0.05, 0) is 36.2 Å². The highest BCUT2D eigenvalue weighted by Crippen LogP contribution is 2.11. The van der Waals surface area contributed by atoms with E-state index in [1.165, 1.54) is 12.1 Å². The fourth-order valence-corrected chi connectivity index (χ4v) is 3.06. The van der Waals surface area contributed by atoms with Crippen molar-refractivity contribution in [1.82, 2.24) is 9.80 Å². The first-order valence-electron chi connectivity index (χ1n) is 9.09. The van der Waals surface area contributed by atoms with Crippen LogP contribution in [-0.4, -0.2) is 54.4 Å². The fraction of sp³-hybridized carbons (Fsp3) is 0.333. The average molecular weight is 370 g/mol. The number of hydrogen-bond donors (Lipinski definition) is 0. The van der Waals surface area contributed by atoms with E-state index in [4.69, 9.17) is 4.74 Å². The molecule has 0 aliphatic carbocycles. The van der Waals surface area contributed by atoms with Gasteiger partial charge in [-0.2, -0.15) is 0 Å². The number of carbonyl (C=O) groups is 2. The van der Waals surface area contributed by atoms with Crippen LogP contribution in [0, 0.1) is 5.82 Å². The monoisotopic (exact) mass is 370 g/mol. The van der Waals surface area contributed by atoms with Gasteiger partial charge in [-0.25, -0.2) is 4.39 Å². The number of benzene rings is 2. The maximum Gasteiger partial charge on any atom is 0.260 e. The van der Waals surface area contributed by atoms with Gasteiger partial charge in [0, 0.05) is 26.2 Å². The summed E-state index contributed by atoms with van der Waals surface area (Å²) in [6, 6.07) is 15.2. The number of para-hydroxylation sites is 1. The van der Waals surface area contributed by atoms with Gasteiger partial charge in [0.15, 0.2) is 6.61 Å². The summed E-state index contributed by atoms with van der Waals surface area (Å²) in [5.41, 5.74) is 0.787. The largest absolute Gasteiger partial charge is 0.484 e. The molecule has 0 unspecified atom stereocenters. The van der Waals surface area contributed by atoms with E-state index >= 15 is 0 Å². The number of hydrogen-bond acceptors (Lipinski definition) is 3. The van der Waals surface area contributed by atoms with Crippen molar-refractivity contribution in [2.24, 2.45) is 0 Å². The van der Waals surface area contributed by atoms with Crippen molar-refractivity contribution < 1.29 is 18.7 Å². The molecule has 2 aromatic carbocycles. The number of halogens is 1. The first-order chi connectivity index (χ1) is 13.1. The first kappa shape index (κ1) is 18.9. The summed E-state index contributed by atoms with van der Waals surface area (Å²) < 4.78 is 18.5. The molecular weight excluding hydrogens is 347 g/mol. The number of nitrogens with zero attached hydrogens (tertiary/aromatic N) is 2. The van der Waals surface area contributed by atoms with E-state index in [1.807, 2.05) is 30.3 Å². The Labute approximate surface area is 158 Å². The van der Waals surface area contributed by atoms with Crippen molar-refractivity contribution in [2.45, 2.75) is 12.8 Å². The molecule has 0 spiro atoms. The van der Waals surface area contributed by atoms with Gasteiger partial charge in [-0.1, -0.05) is 30.3 Å². The summed E-state index contributed by atoms with van der Waals surface area (Å²) in [4.78, 5) is 28.4. The number of carbonyl (C=O) groups excluding carboxylic acids is 2. The van der Waals surface area contributed by atoms with Gasteiger partial charge < -0.3 is 14.5 Å². The van der Waals surface area contributed by atoms with Gasteiger partial charge >= 0.3 is 0 Å². The maximum atomic E-state index is 13.0. The van der Waals surface area contributed by atoms with E-state index in [2.05, 4.69) is 0 Å². The molecule has 2 amide bonds. The molecule has 6 heteroatoms. The van der Waals surface area contributed by atoms with Crippen LogP contribution in [-0.2, 0) is 16.0 Å². The summed E-state index contributed by atoms with van der Waals surface area (Å²) in [6.45, 7) is 2.21. The molecule has 1 saturated heterocycles. The van der Waals surface area contributed by atoms with Crippen LogP contribution in [0.2, 0.25) is 0 Å². The zero-order chi connectivity index (χ0) is 19.1. The van der Waals surface area contributed by atoms with Gasteiger partial charge in [-0.3, -0.25) is 9.59 Å². The molecule has 1 aliphatic rings. The molecule has 0 aromatic heterocycles. The lowest BCUT2D eigenvalue weighted by Gasteiger charge is -2.22. The first-order valence-corrected chi connectivity index (χ1v) is 9.09. The molecule has 3 rings (SSSR count). The fourth-order valence-electron chi connectivity index (χ4n) is 3.06. The lowest BCUT2D eigenvalue weighted by Crippen LogP contribution is -2.39. The Balaban J connectivity index is 1.48. The molecule has 1 aliphatic heterocycles. The second-order valence-corrected chi connectivity index (χ2v) is 6.52. The molecule has 0 bridgehead atoms. The second-order valence-electron chi connectivity index (χ2n) is 6.52. The highest BCUT2D eigenvalue weighted by Gasteiger charge is 2.22. The lowest BCUT2D eigenvalue weighted by atomic mass is 10.1. The molecule has 0 N–H and O–H groups in total. The van der Waals surface area contributed by atoms with E-state index in [9.17, 15) is 14.0 Å². The Bertz CT molecular complexity index is 765. The average Bonchev–Trinajstić information content (AvgIpc) is 2.95. The van der Waals surface area contributed by atoms with Crippen LogP contribution in [0.15, 0.2) is 54.6 Å². The molecule has 5 nitrogen and oxygen atoms in total. The van der Waals surface area contributed by atoms with Gasteiger partial charge in [0.1, 0.15) is 11.6 Å². The molecule has 0 atom stereocenters. The van der Waals surface area contributed by atoms with E-state index < -0.39 is 0 Å². The smallest absolute Gasteiger partial charge is 0.260 e. The van der Waals surface area contributed by atoms with Crippen LogP contribution in [0.25, 0.3) is 0 Å². The SMILES string of the molecule is O=C(COc1ccccc1)N1CCCN(C(=O)Cc2ccc(F)cc2)CC1. The van der Waals surface area contributed by atoms with Crippen LogP contribution in [0.3, 0.4) is 0 Å². The highest BCUT2D eigenvalue weighted by atomic mass is 19.1. The predicted octanol–water partition coefficient (Wildman–Crippen LogP) is 2.51. The number of ether oxygens (including phenoxy) is 1. The molecule has 1 fully saturated rings. The minimum absolute atomic E-state index is 0.00329. The van der Waals surface area contributed by atoms with Crippen molar-refractivity contribution in [1.29, 1.82) is 0 Å². The summed E-state index contributed by atoms with van der Waals surface area (Å²) >= 11 is 0. The van der Waals surface area contributed by atoms with E-state index in [-0.39, 0.29) is 30.7 Å². The molecule has 0 saturated carbocycles. The zero-order valence-electron chi connectivity index (χ0n) is 15.1. The van der Waals surface area contributed by atoms with Crippen LogP contribution >= 0.6 is 0 Å². The van der Waals surface area contributed by atoms with Crippen LogP contribution < -0.4 is 4.74 Å². The Kier molecular flexibility index (Phi) is 6.41. The second kappa shape index (κ2) is 9.16. The third-order valence-corrected chi connectivity index (χ3v) is 4.58. The van der Waals surface area contributed by atoms with Crippen molar-refractivity contribution in [3.63, 3.8) is 0 Å². The zero-order valence-corrected chi connectivity index (χ0v) is 15.1. The van der Waals surface area contributed by atoms with Crippen LogP contribution in [0.4, 0.5) is 4.39 Å².